The molecule has 1 amide bonds. The summed E-state index contributed by atoms with van der Waals surface area (Å²) in [6.07, 6.45) is 0. The van der Waals surface area contributed by atoms with E-state index >= 15 is 0 Å². The summed E-state index contributed by atoms with van der Waals surface area (Å²) in [5.74, 6) is 0.990. The molecule has 2 aliphatic rings. The number of amides is 1. The molecule has 0 aromatic heterocycles. The second-order valence-electron chi connectivity index (χ2n) is 7.14. The van der Waals surface area contributed by atoms with Crippen LogP contribution < -0.4 is 14.8 Å². The number of hydrogen-bond acceptors (Lipinski definition) is 5. The summed E-state index contributed by atoms with van der Waals surface area (Å²) >= 11 is 0. The molecule has 148 valence electrons. The zero-order chi connectivity index (χ0) is 19.5. The Balaban J connectivity index is 1.28. The molecule has 28 heavy (non-hydrogen) atoms. The SMILES string of the molecule is C[C@@H](C(=O)Nc1ccccc1F)N1CCN(Cc2ccc3c(c2)OCO3)CC1. The minimum atomic E-state index is -0.420. The number of nitrogens with zero attached hydrogens (tertiary/aromatic N) is 2. The van der Waals surface area contributed by atoms with Gasteiger partial charge in [-0.1, -0.05) is 18.2 Å². The second kappa shape index (κ2) is 8.16. The van der Waals surface area contributed by atoms with Crippen molar-refractivity contribution in [3.8, 4) is 11.5 Å². The summed E-state index contributed by atoms with van der Waals surface area (Å²) in [4.78, 5) is 17.0. The largest absolute Gasteiger partial charge is 0.454 e. The van der Waals surface area contributed by atoms with E-state index in [1.165, 1.54) is 11.6 Å². The molecule has 2 aliphatic heterocycles. The van der Waals surface area contributed by atoms with E-state index in [1.54, 1.807) is 18.2 Å². The maximum absolute atomic E-state index is 13.7. The molecule has 1 fully saturated rings. The van der Waals surface area contributed by atoms with Crippen LogP contribution in [0.15, 0.2) is 42.5 Å². The second-order valence-corrected chi connectivity index (χ2v) is 7.14. The van der Waals surface area contributed by atoms with Gasteiger partial charge in [-0.2, -0.15) is 0 Å². The Bertz CT molecular complexity index is 853. The van der Waals surface area contributed by atoms with Crippen LogP contribution in [0.1, 0.15) is 12.5 Å². The highest BCUT2D eigenvalue weighted by molar-refractivity contribution is 5.94. The van der Waals surface area contributed by atoms with Crippen LogP contribution in [-0.2, 0) is 11.3 Å². The van der Waals surface area contributed by atoms with Crippen LogP contribution in [-0.4, -0.2) is 54.7 Å². The number of halogens is 1. The van der Waals surface area contributed by atoms with Gasteiger partial charge in [0.15, 0.2) is 11.5 Å². The number of para-hydroxylation sites is 1. The predicted molar refractivity (Wildman–Crippen MR) is 104 cm³/mol. The summed E-state index contributed by atoms with van der Waals surface area (Å²) in [5, 5.41) is 2.69. The first kappa shape index (κ1) is 18.7. The van der Waals surface area contributed by atoms with Gasteiger partial charge in [-0.3, -0.25) is 14.6 Å². The maximum Gasteiger partial charge on any atom is 0.241 e. The third kappa shape index (κ3) is 4.10. The molecule has 0 radical (unpaired) electrons. The summed E-state index contributed by atoms with van der Waals surface area (Å²) in [6.45, 7) is 6.29. The number of carbonyl (C=O) groups excluding carboxylic acids is 1. The van der Waals surface area contributed by atoms with E-state index in [4.69, 9.17) is 9.47 Å². The fourth-order valence-corrected chi connectivity index (χ4v) is 3.57. The van der Waals surface area contributed by atoms with Gasteiger partial charge in [0.1, 0.15) is 5.82 Å². The average molecular weight is 385 g/mol. The molecular formula is C21H24FN3O3. The van der Waals surface area contributed by atoms with Crippen molar-refractivity contribution in [2.24, 2.45) is 0 Å². The van der Waals surface area contributed by atoms with Crippen molar-refractivity contribution in [3.63, 3.8) is 0 Å². The van der Waals surface area contributed by atoms with Crippen molar-refractivity contribution in [1.82, 2.24) is 9.80 Å². The summed E-state index contributed by atoms with van der Waals surface area (Å²) in [5.41, 5.74) is 1.41. The fraction of sp³-hybridized carbons (Fsp3) is 0.381. The van der Waals surface area contributed by atoms with E-state index in [2.05, 4.69) is 21.2 Å². The highest BCUT2D eigenvalue weighted by Gasteiger charge is 2.26. The molecule has 0 aliphatic carbocycles. The van der Waals surface area contributed by atoms with E-state index in [-0.39, 0.29) is 24.4 Å². The number of fused-ring (bicyclic) bond motifs is 1. The van der Waals surface area contributed by atoms with Crippen LogP contribution >= 0.6 is 0 Å². The van der Waals surface area contributed by atoms with Crippen LogP contribution in [0.4, 0.5) is 10.1 Å². The normalized spacial score (nSPS) is 18.1. The van der Waals surface area contributed by atoms with E-state index in [1.807, 2.05) is 19.1 Å². The number of anilines is 1. The van der Waals surface area contributed by atoms with Crippen LogP contribution in [0.25, 0.3) is 0 Å². The zero-order valence-electron chi connectivity index (χ0n) is 15.9. The molecule has 2 aromatic carbocycles. The Morgan fingerprint density at radius 2 is 1.86 bits per heavy atom. The van der Waals surface area contributed by atoms with Crippen molar-refractivity contribution >= 4 is 11.6 Å². The first-order valence-corrected chi connectivity index (χ1v) is 9.50. The topological polar surface area (TPSA) is 54.0 Å². The first-order chi connectivity index (χ1) is 13.6. The smallest absolute Gasteiger partial charge is 0.241 e. The first-order valence-electron chi connectivity index (χ1n) is 9.50. The van der Waals surface area contributed by atoms with E-state index in [0.29, 0.717) is 0 Å². The number of piperazine rings is 1. The van der Waals surface area contributed by atoms with Gasteiger partial charge >= 0.3 is 0 Å². The van der Waals surface area contributed by atoms with Crippen LogP contribution in [0, 0.1) is 5.82 Å². The number of hydrogen-bond donors (Lipinski definition) is 1. The van der Waals surface area contributed by atoms with Gasteiger partial charge in [-0.25, -0.2) is 4.39 Å². The Morgan fingerprint density at radius 1 is 1.11 bits per heavy atom. The van der Waals surface area contributed by atoms with Crippen molar-refractivity contribution in [2.45, 2.75) is 19.5 Å². The van der Waals surface area contributed by atoms with Crippen molar-refractivity contribution < 1.29 is 18.7 Å². The number of ether oxygens (including phenoxy) is 2. The van der Waals surface area contributed by atoms with Gasteiger partial charge in [-0.15, -0.1) is 0 Å². The van der Waals surface area contributed by atoms with Gasteiger partial charge in [0, 0.05) is 32.7 Å². The summed E-state index contributed by atoms with van der Waals surface area (Å²) in [6, 6.07) is 11.9. The minimum absolute atomic E-state index is 0.186. The molecule has 1 atom stereocenters. The highest BCUT2D eigenvalue weighted by Crippen LogP contribution is 2.32. The Morgan fingerprint density at radius 3 is 2.64 bits per heavy atom. The molecule has 6 nitrogen and oxygen atoms in total. The summed E-state index contributed by atoms with van der Waals surface area (Å²) < 4.78 is 24.5. The van der Waals surface area contributed by atoms with Crippen molar-refractivity contribution in [3.05, 3.63) is 53.8 Å². The summed E-state index contributed by atoms with van der Waals surface area (Å²) in [7, 11) is 0. The third-order valence-electron chi connectivity index (χ3n) is 5.31. The van der Waals surface area contributed by atoms with Crippen molar-refractivity contribution in [1.29, 1.82) is 0 Å². The molecule has 0 bridgehead atoms. The number of rotatable bonds is 5. The molecule has 0 unspecified atom stereocenters. The van der Waals surface area contributed by atoms with E-state index in [0.717, 1.165) is 44.2 Å². The van der Waals surface area contributed by atoms with Crippen LogP contribution in [0.5, 0.6) is 11.5 Å². The lowest BCUT2D eigenvalue weighted by molar-refractivity contribution is -0.121. The number of nitrogens with one attached hydrogen (secondary N) is 1. The lowest BCUT2D eigenvalue weighted by atomic mass is 10.1. The van der Waals surface area contributed by atoms with Crippen molar-refractivity contribution in [2.75, 3.05) is 38.3 Å². The Labute approximate surface area is 163 Å². The highest BCUT2D eigenvalue weighted by atomic mass is 19.1. The lowest BCUT2D eigenvalue weighted by Gasteiger charge is -2.37. The minimum Gasteiger partial charge on any atom is -0.454 e. The van der Waals surface area contributed by atoms with E-state index < -0.39 is 5.82 Å². The molecule has 1 saturated heterocycles. The quantitative estimate of drug-likeness (QED) is 0.858. The molecule has 0 saturated carbocycles. The van der Waals surface area contributed by atoms with Gasteiger partial charge in [-0.05, 0) is 36.8 Å². The fourth-order valence-electron chi connectivity index (χ4n) is 3.57. The molecule has 4 rings (SSSR count). The zero-order valence-corrected chi connectivity index (χ0v) is 15.9. The number of carbonyl (C=O) groups is 1. The Kier molecular flexibility index (Phi) is 5.45. The predicted octanol–water partition coefficient (Wildman–Crippen LogP) is 2.70. The maximum atomic E-state index is 13.7. The molecule has 7 heteroatoms. The van der Waals surface area contributed by atoms with Gasteiger partial charge in [0.2, 0.25) is 12.7 Å². The standard InChI is InChI=1S/C21H24FN3O3/c1-15(21(26)23-18-5-3-2-4-17(18)22)25-10-8-24(9-11-25)13-16-6-7-19-20(12-16)28-14-27-19/h2-7,12,15H,8-11,13-14H2,1H3,(H,23,26)/t15-/m0/s1. The Hall–Kier alpha value is -2.64. The van der Waals surface area contributed by atoms with Gasteiger partial charge < -0.3 is 14.8 Å². The van der Waals surface area contributed by atoms with E-state index in [9.17, 15) is 9.18 Å². The lowest BCUT2D eigenvalue weighted by Crippen LogP contribution is -2.52. The molecule has 1 N–H and O–H groups in total. The number of benzene rings is 2. The van der Waals surface area contributed by atoms with Crippen LogP contribution in [0.3, 0.4) is 0 Å². The third-order valence-corrected chi connectivity index (χ3v) is 5.31. The molecular weight excluding hydrogens is 361 g/mol. The molecule has 2 aromatic rings. The molecule has 0 spiro atoms. The van der Waals surface area contributed by atoms with Gasteiger partial charge in [0.05, 0.1) is 11.7 Å². The van der Waals surface area contributed by atoms with Crippen LogP contribution in [0.2, 0.25) is 0 Å². The monoisotopic (exact) mass is 385 g/mol. The molecule has 2 heterocycles. The average Bonchev–Trinajstić information content (AvgIpc) is 3.17. The van der Waals surface area contributed by atoms with Gasteiger partial charge in [0.25, 0.3) is 0 Å².